The van der Waals surface area contributed by atoms with Crippen LogP contribution >= 0.6 is 0 Å². The number of nitrogens with one attached hydrogen (secondary N) is 1. The van der Waals surface area contributed by atoms with Gasteiger partial charge < -0.3 is 5.32 Å². The van der Waals surface area contributed by atoms with Crippen LogP contribution in [0.5, 0.6) is 0 Å². The zero-order valence-corrected chi connectivity index (χ0v) is 17.8. The zero-order valence-electron chi connectivity index (χ0n) is 17.8. The van der Waals surface area contributed by atoms with E-state index in [0.717, 1.165) is 25.7 Å². The van der Waals surface area contributed by atoms with Crippen molar-refractivity contribution in [2.45, 2.75) is 51.2 Å². The summed E-state index contributed by atoms with van der Waals surface area (Å²) in [6, 6.07) is 14.2. The molecule has 3 aromatic rings. The topological polar surface area (TPSA) is 93.0 Å². The fourth-order valence-electron chi connectivity index (χ4n) is 3.90. The summed E-state index contributed by atoms with van der Waals surface area (Å²) in [4.78, 5) is 28.8. The Labute approximate surface area is 185 Å². The molecule has 0 radical (unpaired) electrons. The van der Waals surface area contributed by atoms with Crippen molar-refractivity contribution in [1.29, 1.82) is 0 Å². The molecule has 0 bridgehead atoms. The second-order valence-electron chi connectivity index (χ2n) is 7.92. The Kier molecular flexibility index (Phi) is 6.53. The summed E-state index contributed by atoms with van der Waals surface area (Å²) in [6.07, 6.45) is 4.14. The first kappa shape index (κ1) is 21.6. The van der Waals surface area contributed by atoms with Crippen LogP contribution in [0.3, 0.4) is 0 Å². The first-order valence-corrected chi connectivity index (χ1v) is 10.7. The fourth-order valence-corrected chi connectivity index (χ4v) is 3.90. The summed E-state index contributed by atoms with van der Waals surface area (Å²) in [6.45, 7) is 1.53. The maximum atomic E-state index is 13.3. The van der Waals surface area contributed by atoms with E-state index in [-0.39, 0.29) is 36.0 Å². The lowest BCUT2D eigenvalue weighted by atomic mass is 10.1. The summed E-state index contributed by atoms with van der Waals surface area (Å²) in [5.74, 6) is -0.600. The predicted octanol–water partition coefficient (Wildman–Crippen LogP) is 2.96. The summed E-state index contributed by atoms with van der Waals surface area (Å²) >= 11 is 0. The van der Waals surface area contributed by atoms with Crippen molar-refractivity contribution >= 4 is 17.5 Å². The molecule has 1 aliphatic carbocycles. The Hall–Kier alpha value is -3.62. The van der Waals surface area contributed by atoms with Crippen molar-refractivity contribution in [3.63, 3.8) is 0 Å². The van der Waals surface area contributed by atoms with Gasteiger partial charge in [0.1, 0.15) is 18.4 Å². The molecule has 0 aliphatic heterocycles. The van der Waals surface area contributed by atoms with E-state index in [4.69, 9.17) is 0 Å². The number of hydrogen-bond donors (Lipinski definition) is 1. The van der Waals surface area contributed by atoms with E-state index < -0.39 is 6.04 Å². The van der Waals surface area contributed by atoms with Gasteiger partial charge in [-0.1, -0.05) is 31.0 Å². The van der Waals surface area contributed by atoms with Crippen molar-refractivity contribution in [3.8, 4) is 11.4 Å². The molecule has 2 aromatic carbocycles. The summed E-state index contributed by atoms with van der Waals surface area (Å²) < 4.78 is 13.2. The van der Waals surface area contributed by atoms with E-state index in [0.29, 0.717) is 11.3 Å². The summed E-state index contributed by atoms with van der Waals surface area (Å²) in [5.41, 5.74) is 1.21. The third kappa shape index (κ3) is 4.99. The first-order valence-electron chi connectivity index (χ1n) is 10.7. The maximum Gasteiger partial charge on any atom is 0.251 e. The molecule has 0 spiro atoms. The number of halogens is 1. The van der Waals surface area contributed by atoms with E-state index in [1.54, 1.807) is 31.2 Å². The monoisotopic (exact) mass is 436 g/mol. The lowest BCUT2D eigenvalue weighted by molar-refractivity contribution is -0.127. The van der Waals surface area contributed by atoms with Crippen LogP contribution in [0, 0.1) is 5.82 Å². The average molecular weight is 436 g/mol. The highest BCUT2D eigenvalue weighted by molar-refractivity contribution is 6.00. The van der Waals surface area contributed by atoms with Crippen LogP contribution in [0.25, 0.3) is 11.4 Å². The Morgan fingerprint density at radius 1 is 1.12 bits per heavy atom. The number of carbonyl (C=O) groups excluding carboxylic acids is 2. The highest BCUT2D eigenvalue weighted by Gasteiger charge is 2.30. The minimum atomic E-state index is -0.703. The van der Waals surface area contributed by atoms with E-state index >= 15 is 0 Å². The van der Waals surface area contributed by atoms with Crippen molar-refractivity contribution in [1.82, 2.24) is 25.5 Å². The van der Waals surface area contributed by atoms with E-state index in [1.165, 1.54) is 21.8 Å². The van der Waals surface area contributed by atoms with Gasteiger partial charge in [-0.05, 0) is 61.4 Å². The third-order valence-corrected chi connectivity index (χ3v) is 5.60. The molecule has 9 heteroatoms. The minimum Gasteiger partial charge on any atom is -0.352 e. The van der Waals surface area contributed by atoms with Crippen molar-refractivity contribution in [2.24, 2.45) is 0 Å². The zero-order chi connectivity index (χ0) is 22.5. The molecule has 4 rings (SSSR count). The molecule has 1 saturated carbocycles. The quantitative estimate of drug-likeness (QED) is 0.615. The molecule has 1 heterocycles. The number of amides is 2. The van der Waals surface area contributed by atoms with Crippen molar-refractivity contribution < 1.29 is 14.0 Å². The van der Waals surface area contributed by atoms with Gasteiger partial charge in [-0.15, -0.1) is 10.2 Å². The Bertz CT molecular complexity index is 1060. The van der Waals surface area contributed by atoms with Crippen molar-refractivity contribution in [2.75, 3.05) is 4.90 Å². The number of anilines is 1. The number of nitrogens with zero attached hydrogens (tertiary/aromatic N) is 5. The smallest absolute Gasteiger partial charge is 0.251 e. The predicted molar refractivity (Wildman–Crippen MR) is 117 cm³/mol. The van der Waals surface area contributed by atoms with Gasteiger partial charge in [-0.25, -0.2) is 4.39 Å². The van der Waals surface area contributed by atoms with Crippen LogP contribution in [-0.2, 0) is 16.1 Å². The molecule has 1 aromatic heterocycles. The lowest BCUT2D eigenvalue weighted by Crippen LogP contribution is -2.51. The minimum absolute atomic E-state index is 0.160. The first-order chi connectivity index (χ1) is 15.5. The fraction of sp³-hybridized carbons (Fsp3) is 0.348. The summed E-state index contributed by atoms with van der Waals surface area (Å²) in [7, 11) is 0. The van der Waals surface area contributed by atoms with Crippen LogP contribution in [0.4, 0.5) is 10.1 Å². The van der Waals surface area contributed by atoms with E-state index in [1.807, 2.05) is 18.2 Å². The Morgan fingerprint density at radius 2 is 1.81 bits per heavy atom. The standard InChI is InChI=1S/C23H25FN6O2/c1-16(23(32)25-19-7-5-6-8-19)30(20-9-3-2-4-10-20)21(31)15-29-27-22(26-28-29)17-11-13-18(24)14-12-17/h2-4,9-14,16,19H,5-8,15H2,1H3,(H,25,32). The number of aromatic nitrogens is 4. The highest BCUT2D eigenvalue weighted by Crippen LogP contribution is 2.21. The van der Waals surface area contributed by atoms with Crippen LogP contribution in [0.2, 0.25) is 0 Å². The van der Waals surface area contributed by atoms with Crippen molar-refractivity contribution in [3.05, 3.63) is 60.4 Å². The molecular formula is C23H25FN6O2. The van der Waals surface area contributed by atoms with Gasteiger partial charge in [0.2, 0.25) is 11.7 Å². The second kappa shape index (κ2) is 9.67. The maximum absolute atomic E-state index is 13.3. The van der Waals surface area contributed by atoms with Gasteiger partial charge in [0.25, 0.3) is 5.91 Å². The van der Waals surface area contributed by atoms with Gasteiger partial charge in [-0.3, -0.25) is 14.5 Å². The van der Waals surface area contributed by atoms with E-state index in [2.05, 4.69) is 20.7 Å². The van der Waals surface area contributed by atoms with Crippen LogP contribution in [0.15, 0.2) is 54.6 Å². The highest BCUT2D eigenvalue weighted by atomic mass is 19.1. The molecule has 8 nitrogen and oxygen atoms in total. The van der Waals surface area contributed by atoms with E-state index in [9.17, 15) is 14.0 Å². The molecule has 1 N–H and O–H groups in total. The third-order valence-electron chi connectivity index (χ3n) is 5.60. The number of rotatable bonds is 7. The molecule has 1 aliphatic rings. The Balaban J connectivity index is 1.51. The van der Waals surface area contributed by atoms with Gasteiger partial charge >= 0.3 is 0 Å². The average Bonchev–Trinajstić information content (AvgIpc) is 3.47. The summed E-state index contributed by atoms with van der Waals surface area (Å²) in [5, 5.41) is 15.2. The number of benzene rings is 2. The molecule has 0 saturated heterocycles. The molecule has 166 valence electrons. The van der Waals surface area contributed by atoms with Crippen LogP contribution in [0.1, 0.15) is 32.6 Å². The normalized spacial score (nSPS) is 14.8. The van der Waals surface area contributed by atoms with Gasteiger partial charge in [0.15, 0.2) is 0 Å². The van der Waals surface area contributed by atoms with Gasteiger partial charge in [0.05, 0.1) is 0 Å². The Morgan fingerprint density at radius 3 is 2.50 bits per heavy atom. The molecule has 1 fully saturated rings. The second-order valence-corrected chi connectivity index (χ2v) is 7.92. The molecule has 32 heavy (non-hydrogen) atoms. The van der Waals surface area contributed by atoms with Gasteiger partial charge in [0, 0.05) is 17.3 Å². The molecule has 1 atom stereocenters. The molecule has 1 unspecified atom stereocenters. The molecule has 2 amide bonds. The number of tetrazole rings is 1. The largest absolute Gasteiger partial charge is 0.352 e. The number of carbonyl (C=O) groups is 2. The molecular weight excluding hydrogens is 411 g/mol. The van der Waals surface area contributed by atoms with Crippen LogP contribution < -0.4 is 10.2 Å². The van der Waals surface area contributed by atoms with Gasteiger partial charge in [-0.2, -0.15) is 4.80 Å². The SMILES string of the molecule is CC(C(=O)NC1CCCC1)N(C(=O)Cn1nnc(-c2ccc(F)cc2)n1)c1ccccc1. The number of para-hydroxylation sites is 1. The van der Waals surface area contributed by atoms with Crippen LogP contribution in [-0.4, -0.2) is 44.1 Å². The number of hydrogen-bond acceptors (Lipinski definition) is 5. The lowest BCUT2D eigenvalue weighted by Gasteiger charge is -2.29.